The van der Waals surface area contributed by atoms with Crippen molar-refractivity contribution in [1.29, 1.82) is 0 Å². The molecular formula is C23H23F6N7O3. The van der Waals surface area contributed by atoms with Crippen LogP contribution in [0.5, 0.6) is 0 Å². The summed E-state index contributed by atoms with van der Waals surface area (Å²) in [7, 11) is 0. The molecule has 7 rings (SSSR count). The van der Waals surface area contributed by atoms with E-state index < -0.39 is 49.4 Å². The number of anilines is 2. The molecule has 0 unspecified atom stereocenters. The number of nitrogens with zero attached hydrogens (tertiary/aromatic N) is 4. The Kier molecular flexibility index (Phi) is 6.11. The van der Waals surface area contributed by atoms with Gasteiger partial charge >= 0.3 is 12.5 Å². The fraction of sp³-hybridized carbons (Fsp3) is 0.565. The highest BCUT2D eigenvalue weighted by Gasteiger charge is 2.58. The zero-order valence-electron chi connectivity index (χ0n) is 20.1. The van der Waals surface area contributed by atoms with Crippen molar-refractivity contribution in [3.63, 3.8) is 0 Å². The average molecular weight is 559 g/mol. The van der Waals surface area contributed by atoms with Crippen LogP contribution in [-0.2, 0) is 16.1 Å². The predicted molar refractivity (Wildman–Crippen MR) is 121 cm³/mol. The molecule has 1 amide bonds. The number of alkyl halides is 6. The average Bonchev–Trinajstić information content (AvgIpc) is 3.53. The van der Waals surface area contributed by atoms with Crippen LogP contribution in [0.3, 0.4) is 0 Å². The number of halogens is 6. The Morgan fingerprint density at radius 1 is 1.21 bits per heavy atom. The van der Waals surface area contributed by atoms with Gasteiger partial charge in [0.05, 0.1) is 12.3 Å². The normalized spacial score (nSPS) is 27.9. The smallest absolute Gasteiger partial charge is 0.443 e. The van der Waals surface area contributed by atoms with Gasteiger partial charge in [-0.1, -0.05) is 0 Å². The van der Waals surface area contributed by atoms with E-state index in [2.05, 4.69) is 35.5 Å². The number of rotatable bonds is 8. The molecule has 0 saturated heterocycles. The molecule has 2 bridgehead atoms. The predicted octanol–water partition coefficient (Wildman–Crippen LogP) is 5.03. The highest BCUT2D eigenvalue weighted by molar-refractivity contribution is 5.69. The first-order valence-corrected chi connectivity index (χ1v) is 12.3. The first kappa shape index (κ1) is 25.7. The second-order valence-corrected chi connectivity index (χ2v) is 10.3. The fourth-order valence-corrected chi connectivity index (χ4v) is 5.57. The SMILES string of the molecule is O=C(NC12CC(C1)C2)O[C@@H]1CC[C@H](c2cc(Nc3nc(C(F)F)cc4nc(COC(F)(F)F)cn34)n[nH]2)[C@@H]1F. The molecule has 210 valence electrons. The molecule has 3 atom stereocenters. The number of hydrogen-bond donors (Lipinski definition) is 3. The zero-order chi connectivity index (χ0) is 27.5. The largest absolute Gasteiger partial charge is 0.522 e. The molecule has 0 aromatic carbocycles. The monoisotopic (exact) mass is 559 g/mol. The second-order valence-electron chi connectivity index (χ2n) is 10.3. The van der Waals surface area contributed by atoms with Crippen molar-refractivity contribution in [2.24, 2.45) is 5.92 Å². The summed E-state index contributed by atoms with van der Waals surface area (Å²) in [4.78, 5) is 20.0. The molecule has 10 nitrogen and oxygen atoms in total. The van der Waals surface area contributed by atoms with E-state index in [-0.39, 0.29) is 28.6 Å². The Balaban J connectivity index is 1.15. The lowest BCUT2D eigenvalue weighted by Crippen LogP contribution is -2.68. The number of aromatic nitrogens is 5. The summed E-state index contributed by atoms with van der Waals surface area (Å²) in [5, 5.41) is 12.3. The van der Waals surface area contributed by atoms with Crippen LogP contribution >= 0.6 is 0 Å². The van der Waals surface area contributed by atoms with Gasteiger partial charge in [0, 0.05) is 35.5 Å². The Morgan fingerprint density at radius 3 is 2.64 bits per heavy atom. The summed E-state index contributed by atoms with van der Waals surface area (Å²) in [6.45, 7) is -0.927. The van der Waals surface area contributed by atoms with Gasteiger partial charge in [0.25, 0.3) is 6.43 Å². The third kappa shape index (κ3) is 5.08. The molecule has 0 spiro atoms. The summed E-state index contributed by atoms with van der Waals surface area (Å²) in [6, 6.07) is 2.41. The Hall–Kier alpha value is -3.56. The second kappa shape index (κ2) is 9.27. The standard InChI is InChI=1S/C23H23F6N7O3/c24-18-12(1-2-15(18)39-21(37)33-22-5-10(6-22)7-22)13-3-16(35-34-13)32-20-31-14(19(25)26)4-17-30-11(8-36(17)20)9-38-23(27,28)29/h3-4,8,10,12,15,18-19H,1-2,5-7,9H2,(H,33,37)(H2,31,32,34,35)/t10?,12-,15-,18+,22?/m1/s1. The van der Waals surface area contributed by atoms with Crippen LogP contribution in [0.25, 0.3) is 5.65 Å². The number of ether oxygens (including phenoxy) is 2. The zero-order valence-corrected chi connectivity index (χ0v) is 20.1. The topological polar surface area (TPSA) is 118 Å². The van der Waals surface area contributed by atoms with E-state index in [0.717, 1.165) is 31.5 Å². The maximum Gasteiger partial charge on any atom is 0.522 e. The maximum atomic E-state index is 15.2. The van der Waals surface area contributed by atoms with Crippen LogP contribution in [0.15, 0.2) is 18.3 Å². The number of carbonyl (C=O) groups excluding carboxylic acids is 1. The van der Waals surface area contributed by atoms with E-state index in [1.165, 1.54) is 10.5 Å². The molecule has 3 N–H and O–H groups in total. The first-order valence-electron chi connectivity index (χ1n) is 12.3. The number of alkyl carbamates (subject to hydrolysis) is 1. The van der Waals surface area contributed by atoms with Crippen molar-refractivity contribution < 1.29 is 40.6 Å². The van der Waals surface area contributed by atoms with Gasteiger partial charge in [-0.25, -0.2) is 27.9 Å². The Morgan fingerprint density at radius 2 is 1.97 bits per heavy atom. The van der Waals surface area contributed by atoms with Crippen LogP contribution in [0.2, 0.25) is 0 Å². The molecule has 16 heteroatoms. The molecule has 3 aromatic rings. The van der Waals surface area contributed by atoms with Crippen LogP contribution in [-0.4, -0.2) is 54.8 Å². The molecule has 39 heavy (non-hydrogen) atoms. The number of amides is 1. The van der Waals surface area contributed by atoms with E-state index in [1.54, 1.807) is 0 Å². The van der Waals surface area contributed by atoms with Gasteiger partial charge in [0.2, 0.25) is 5.95 Å². The molecule has 4 aliphatic carbocycles. The van der Waals surface area contributed by atoms with E-state index in [0.29, 0.717) is 24.5 Å². The number of aromatic amines is 1. The number of nitrogens with one attached hydrogen (secondary N) is 3. The van der Waals surface area contributed by atoms with E-state index >= 15 is 4.39 Å². The van der Waals surface area contributed by atoms with Crippen molar-refractivity contribution in [3.05, 3.63) is 35.4 Å². The molecular weight excluding hydrogens is 536 g/mol. The lowest BCUT2D eigenvalue weighted by Gasteiger charge is -2.61. The maximum absolute atomic E-state index is 15.2. The summed E-state index contributed by atoms with van der Waals surface area (Å²) >= 11 is 0. The molecule has 3 aromatic heterocycles. The van der Waals surface area contributed by atoms with Gasteiger partial charge in [0.1, 0.15) is 23.6 Å². The van der Waals surface area contributed by atoms with E-state index in [4.69, 9.17) is 4.74 Å². The molecule has 4 saturated carbocycles. The minimum atomic E-state index is -4.90. The third-order valence-electron chi connectivity index (χ3n) is 7.53. The number of fused-ring (bicyclic) bond motifs is 1. The molecule has 0 radical (unpaired) electrons. The quantitative estimate of drug-likeness (QED) is 0.331. The van der Waals surface area contributed by atoms with Crippen molar-refractivity contribution in [2.75, 3.05) is 5.32 Å². The minimum Gasteiger partial charge on any atom is -0.443 e. The number of carbonyl (C=O) groups is 1. The molecule has 3 heterocycles. The minimum absolute atomic E-state index is 0.0870. The number of H-pyrrole nitrogens is 1. The number of hydrogen-bond acceptors (Lipinski definition) is 7. The first-order chi connectivity index (χ1) is 18.5. The van der Waals surface area contributed by atoms with Crippen molar-refractivity contribution in [1.82, 2.24) is 29.9 Å². The van der Waals surface area contributed by atoms with Crippen molar-refractivity contribution in [2.45, 2.75) is 75.2 Å². The van der Waals surface area contributed by atoms with Crippen LogP contribution in [0.4, 0.5) is 42.9 Å². The highest BCUT2D eigenvalue weighted by Crippen LogP contribution is 2.57. The van der Waals surface area contributed by atoms with Gasteiger partial charge in [0.15, 0.2) is 5.82 Å². The summed E-state index contributed by atoms with van der Waals surface area (Å²) < 4.78 is 89.6. The van der Waals surface area contributed by atoms with Crippen LogP contribution in [0.1, 0.15) is 61.5 Å². The lowest BCUT2D eigenvalue weighted by molar-refractivity contribution is -0.330. The van der Waals surface area contributed by atoms with Gasteiger partial charge < -0.3 is 15.4 Å². The summed E-state index contributed by atoms with van der Waals surface area (Å²) in [5.74, 6) is -0.0755. The molecule has 4 aliphatic rings. The Bertz CT molecular complexity index is 1380. The van der Waals surface area contributed by atoms with E-state index in [1.807, 2.05) is 0 Å². The lowest BCUT2D eigenvalue weighted by atomic mass is 9.50. The summed E-state index contributed by atoms with van der Waals surface area (Å²) in [5.41, 5.74) is -0.705. The van der Waals surface area contributed by atoms with Crippen molar-refractivity contribution >= 4 is 23.5 Å². The van der Waals surface area contributed by atoms with Crippen LogP contribution in [0, 0.1) is 5.92 Å². The van der Waals surface area contributed by atoms with Gasteiger partial charge in [-0.05, 0) is 38.0 Å². The fourth-order valence-electron chi connectivity index (χ4n) is 5.57. The third-order valence-corrected chi connectivity index (χ3v) is 7.53. The summed E-state index contributed by atoms with van der Waals surface area (Å²) in [6.07, 6.45) is -6.27. The number of imidazole rings is 1. The Labute approximate surface area is 216 Å². The van der Waals surface area contributed by atoms with E-state index in [9.17, 15) is 26.7 Å². The molecule has 4 fully saturated rings. The molecule has 0 aliphatic heterocycles. The van der Waals surface area contributed by atoms with Crippen LogP contribution < -0.4 is 10.6 Å². The van der Waals surface area contributed by atoms with Gasteiger partial charge in [-0.2, -0.15) is 5.10 Å². The van der Waals surface area contributed by atoms with Gasteiger partial charge in [-0.3, -0.25) is 14.2 Å². The van der Waals surface area contributed by atoms with Crippen molar-refractivity contribution in [3.8, 4) is 0 Å². The van der Waals surface area contributed by atoms with Gasteiger partial charge in [-0.15, -0.1) is 13.2 Å². The highest BCUT2D eigenvalue weighted by atomic mass is 19.4.